The Balaban J connectivity index is 1.76. The Kier molecular flexibility index (Phi) is 11.8. The van der Waals surface area contributed by atoms with Gasteiger partial charge in [0.15, 0.2) is 0 Å². The molecule has 10 heteroatoms. The van der Waals surface area contributed by atoms with Crippen LogP contribution in [0.15, 0.2) is 48.5 Å². The first-order valence-corrected chi connectivity index (χ1v) is 16.1. The monoisotopic (exact) mass is 590 g/mol. The van der Waals surface area contributed by atoms with Crippen LogP contribution in [0.3, 0.4) is 0 Å². The van der Waals surface area contributed by atoms with Gasteiger partial charge in [0.2, 0.25) is 15.9 Å². The summed E-state index contributed by atoms with van der Waals surface area (Å²) in [5, 5.41) is 3.44. The van der Waals surface area contributed by atoms with Crippen LogP contribution in [0.25, 0.3) is 0 Å². The molecular formula is C30H43ClN4O4S. The highest BCUT2D eigenvalue weighted by Gasteiger charge is 2.33. The summed E-state index contributed by atoms with van der Waals surface area (Å²) in [5.41, 5.74) is 2.74. The minimum Gasteiger partial charge on any atom is -0.334 e. The van der Waals surface area contributed by atoms with Gasteiger partial charge in [0.25, 0.3) is 0 Å². The van der Waals surface area contributed by atoms with E-state index in [-0.39, 0.29) is 30.3 Å². The second kappa shape index (κ2) is 14.8. The van der Waals surface area contributed by atoms with E-state index in [0.717, 1.165) is 11.1 Å². The molecule has 0 atom stereocenters. The Bertz CT molecular complexity index is 1250. The second-order valence-corrected chi connectivity index (χ2v) is 13.5. The molecule has 0 saturated carbocycles. The Morgan fingerprint density at radius 2 is 1.80 bits per heavy atom. The third-order valence-corrected chi connectivity index (χ3v) is 9.57. The van der Waals surface area contributed by atoms with E-state index in [4.69, 9.17) is 11.6 Å². The molecule has 1 fully saturated rings. The van der Waals surface area contributed by atoms with Gasteiger partial charge in [-0.3, -0.25) is 4.79 Å². The minimum absolute atomic E-state index is 0.0241. The summed E-state index contributed by atoms with van der Waals surface area (Å²) in [5.74, 6) is 0.143. The fraction of sp³-hybridized carbons (Fsp3) is 0.533. The van der Waals surface area contributed by atoms with Crippen molar-refractivity contribution in [3.63, 3.8) is 0 Å². The van der Waals surface area contributed by atoms with E-state index in [1.165, 1.54) is 4.31 Å². The van der Waals surface area contributed by atoms with Crippen LogP contribution in [-0.2, 0) is 21.4 Å². The molecule has 220 valence electrons. The number of aryl methyl sites for hydroxylation is 1. The molecule has 0 spiro atoms. The van der Waals surface area contributed by atoms with Crippen molar-refractivity contribution in [3.8, 4) is 0 Å². The van der Waals surface area contributed by atoms with Crippen molar-refractivity contribution in [1.82, 2.24) is 14.1 Å². The highest BCUT2D eigenvalue weighted by atomic mass is 35.5. The van der Waals surface area contributed by atoms with Gasteiger partial charge in [0.1, 0.15) is 0 Å². The molecule has 2 aromatic carbocycles. The highest BCUT2D eigenvalue weighted by Crippen LogP contribution is 2.23. The van der Waals surface area contributed by atoms with Gasteiger partial charge in [-0.2, -0.15) is 4.31 Å². The molecule has 1 aliphatic heterocycles. The first kappa shape index (κ1) is 31.9. The number of benzene rings is 2. The maximum absolute atomic E-state index is 13.9. The molecule has 1 aliphatic rings. The summed E-state index contributed by atoms with van der Waals surface area (Å²) in [7, 11) is -3.55. The van der Waals surface area contributed by atoms with Gasteiger partial charge in [-0.05, 0) is 67.9 Å². The summed E-state index contributed by atoms with van der Waals surface area (Å²) < 4.78 is 27.5. The van der Waals surface area contributed by atoms with Gasteiger partial charge in [0, 0.05) is 42.9 Å². The van der Waals surface area contributed by atoms with Crippen LogP contribution in [0.2, 0.25) is 5.02 Å². The lowest BCUT2D eigenvalue weighted by molar-refractivity contribution is -0.135. The van der Waals surface area contributed by atoms with Crippen LogP contribution in [0.4, 0.5) is 10.5 Å². The Labute approximate surface area is 244 Å². The number of nitrogens with one attached hydrogen (secondary N) is 1. The third kappa shape index (κ3) is 9.21. The number of hydrogen-bond donors (Lipinski definition) is 1. The molecule has 3 rings (SSSR count). The zero-order chi connectivity index (χ0) is 29.3. The normalized spacial score (nSPS) is 14.5. The van der Waals surface area contributed by atoms with Crippen molar-refractivity contribution >= 4 is 39.2 Å². The molecule has 0 aromatic heterocycles. The van der Waals surface area contributed by atoms with Gasteiger partial charge >= 0.3 is 6.03 Å². The molecule has 0 bridgehead atoms. The van der Waals surface area contributed by atoms with Crippen molar-refractivity contribution < 1.29 is 18.0 Å². The fourth-order valence-electron chi connectivity index (χ4n) is 4.89. The molecule has 40 heavy (non-hydrogen) atoms. The molecular weight excluding hydrogens is 548 g/mol. The molecule has 2 aromatic rings. The summed E-state index contributed by atoms with van der Waals surface area (Å²) in [6, 6.07) is 14.6. The fourth-order valence-corrected chi connectivity index (χ4v) is 6.54. The van der Waals surface area contributed by atoms with Gasteiger partial charge < -0.3 is 15.1 Å². The SMILES string of the molecule is CCCS(=O)(=O)N(CCC(C)C)CC(=O)N(Cc1ccccc1C)C1CCN(C(=O)Nc2cccc(Cl)c2)CC1. The molecule has 0 unspecified atom stereocenters. The molecule has 0 aliphatic carbocycles. The zero-order valence-electron chi connectivity index (χ0n) is 24.1. The van der Waals surface area contributed by atoms with E-state index >= 15 is 0 Å². The maximum atomic E-state index is 13.9. The zero-order valence-corrected chi connectivity index (χ0v) is 25.7. The Morgan fingerprint density at radius 3 is 2.42 bits per heavy atom. The number of hydrogen-bond acceptors (Lipinski definition) is 4. The average molecular weight is 591 g/mol. The van der Waals surface area contributed by atoms with Crippen LogP contribution < -0.4 is 5.32 Å². The van der Waals surface area contributed by atoms with E-state index in [0.29, 0.717) is 68.5 Å². The lowest BCUT2D eigenvalue weighted by Gasteiger charge is -2.39. The van der Waals surface area contributed by atoms with Crippen molar-refractivity contribution in [2.45, 2.75) is 66.0 Å². The van der Waals surface area contributed by atoms with E-state index < -0.39 is 10.0 Å². The number of nitrogens with zero attached hydrogens (tertiary/aromatic N) is 3. The number of likely N-dealkylation sites (tertiary alicyclic amines) is 1. The first-order chi connectivity index (χ1) is 19.0. The lowest BCUT2D eigenvalue weighted by Crippen LogP contribution is -2.52. The third-order valence-electron chi connectivity index (χ3n) is 7.31. The average Bonchev–Trinajstić information content (AvgIpc) is 2.90. The lowest BCUT2D eigenvalue weighted by atomic mass is 10.0. The Morgan fingerprint density at radius 1 is 1.10 bits per heavy atom. The van der Waals surface area contributed by atoms with Crippen LogP contribution >= 0.6 is 11.6 Å². The second-order valence-electron chi connectivity index (χ2n) is 10.9. The molecule has 1 N–H and O–H groups in total. The molecule has 0 radical (unpaired) electrons. The van der Waals surface area contributed by atoms with Crippen LogP contribution in [0, 0.1) is 12.8 Å². The number of carbonyl (C=O) groups excluding carboxylic acids is 2. The standard InChI is InChI=1S/C30H43ClN4O4S/c1-5-19-40(38,39)34(18-13-23(2)3)22-29(36)35(21-25-10-7-6-9-24(25)4)28-14-16-33(17-15-28)30(37)32-27-12-8-11-26(31)20-27/h6-12,20,23,28H,5,13-19,21-22H2,1-4H3,(H,32,37). The number of urea groups is 1. The predicted octanol–water partition coefficient (Wildman–Crippen LogP) is 5.76. The highest BCUT2D eigenvalue weighted by molar-refractivity contribution is 7.89. The van der Waals surface area contributed by atoms with Crippen molar-refractivity contribution in [3.05, 3.63) is 64.7 Å². The quantitative estimate of drug-likeness (QED) is 0.340. The summed E-state index contributed by atoms with van der Waals surface area (Å²) in [4.78, 5) is 30.3. The number of amides is 3. The maximum Gasteiger partial charge on any atom is 0.321 e. The number of piperidine rings is 1. The van der Waals surface area contributed by atoms with Crippen molar-refractivity contribution in [2.75, 3.05) is 37.2 Å². The molecule has 3 amide bonds. The number of halogens is 1. The number of rotatable bonds is 12. The topological polar surface area (TPSA) is 90.0 Å². The predicted molar refractivity (Wildman–Crippen MR) is 162 cm³/mol. The Hall–Kier alpha value is -2.62. The van der Waals surface area contributed by atoms with Crippen LogP contribution in [0.5, 0.6) is 0 Å². The summed E-state index contributed by atoms with van der Waals surface area (Å²) >= 11 is 6.05. The van der Waals surface area contributed by atoms with Gasteiger partial charge in [-0.1, -0.05) is 62.7 Å². The molecule has 8 nitrogen and oxygen atoms in total. The molecule has 1 saturated heterocycles. The smallest absolute Gasteiger partial charge is 0.321 e. The summed E-state index contributed by atoms with van der Waals surface area (Å²) in [6.07, 6.45) is 2.40. The minimum atomic E-state index is -3.55. The van der Waals surface area contributed by atoms with Crippen LogP contribution in [0.1, 0.15) is 57.6 Å². The largest absolute Gasteiger partial charge is 0.334 e. The van der Waals surface area contributed by atoms with Crippen LogP contribution in [-0.4, -0.2) is 72.4 Å². The number of carbonyl (C=O) groups is 2. The van der Waals surface area contributed by atoms with E-state index in [9.17, 15) is 18.0 Å². The summed E-state index contributed by atoms with van der Waals surface area (Å²) in [6.45, 7) is 9.47. The first-order valence-electron chi connectivity index (χ1n) is 14.1. The van der Waals surface area contributed by atoms with Gasteiger partial charge in [-0.15, -0.1) is 0 Å². The number of sulfonamides is 1. The van der Waals surface area contributed by atoms with Crippen molar-refractivity contribution in [2.24, 2.45) is 5.92 Å². The van der Waals surface area contributed by atoms with E-state index in [2.05, 4.69) is 5.32 Å². The van der Waals surface area contributed by atoms with Crippen molar-refractivity contribution in [1.29, 1.82) is 0 Å². The van der Waals surface area contributed by atoms with E-state index in [1.807, 2.05) is 56.9 Å². The molecule has 1 heterocycles. The van der Waals surface area contributed by atoms with Gasteiger partial charge in [0.05, 0.1) is 12.3 Å². The van der Waals surface area contributed by atoms with E-state index in [1.54, 1.807) is 29.2 Å². The number of anilines is 1. The van der Waals surface area contributed by atoms with Gasteiger partial charge in [-0.25, -0.2) is 13.2 Å².